The summed E-state index contributed by atoms with van der Waals surface area (Å²) in [5.41, 5.74) is 2.69. The van der Waals surface area contributed by atoms with Crippen molar-refractivity contribution in [2.45, 2.75) is 25.8 Å². The monoisotopic (exact) mass is 218 g/mol. The van der Waals surface area contributed by atoms with Gasteiger partial charge in [-0.1, -0.05) is 12.1 Å². The van der Waals surface area contributed by atoms with Crippen LogP contribution in [-0.4, -0.2) is 20.6 Å². The molecule has 1 fully saturated rings. The van der Waals surface area contributed by atoms with Crippen LogP contribution in [0.5, 0.6) is 0 Å². The molecule has 0 radical (unpaired) electrons. The van der Waals surface area contributed by atoms with Gasteiger partial charge in [0, 0.05) is 25.3 Å². The zero-order valence-corrected chi connectivity index (χ0v) is 10.5. The van der Waals surface area contributed by atoms with Crippen molar-refractivity contribution < 1.29 is 0 Å². The van der Waals surface area contributed by atoms with Crippen molar-refractivity contribution >= 4 is 5.69 Å². The molecule has 1 aliphatic carbocycles. The zero-order chi connectivity index (χ0) is 11.5. The molecule has 2 heteroatoms. The molecule has 0 bridgehead atoms. The van der Waals surface area contributed by atoms with Gasteiger partial charge < -0.3 is 10.2 Å². The maximum atomic E-state index is 3.26. The molecule has 0 amide bonds. The molecule has 1 aliphatic rings. The van der Waals surface area contributed by atoms with Gasteiger partial charge >= 0.3 is 0 Å². The smallest absolute Gasteiger partial charge is 0.0363 e. The number of hydrogen-bond acceptors (Lipinski definition) is 2. The first-order valence-electron chi connectivity index (χ1n) is 6.19. The maximum absolute atomic E-state index is 3.26. The summed E-state index contributed by atoms with van der Waals surface area (Å²) < 4.78 is 0. The van der Waals surface area contributed by atoms with E-state index in [0.717, 1.165) is 5.92 Å². The quantitative estimate of drug-likeness (QED) is 0.817. The average Bonchev–Trinajstić information content (AvgIpc) is 3.12. The Kier molecular flexibility index (Phi) is 3.49. The summed E-state index contributed by atoms with van der Waals surface area (Å²) in [4.78, 5) is 2.37. The molecule has 0 aliphatic heterocycles. The number of benzene rings is 1. The summed E-state index contributed by atoms with van der Waals surface area (Å²) in [6, 6.07) is 9.33. The normalized spacial score (nSPS) is 17.2. The molecular formula is C14H22N2. The van der Waals surface area contributed by atoms with Crippen LogP contribution in [0.3, 0.4) is 0 Å². The molecule has 0 saturated heterocycles. The van der Waals surface area contributed by atoms with Crippen molar-refractivity contribution in [2.75, 3.05) is 25.5 Å². The minimum atomic E-state index is 0.433. The SMILES string of the molecule is CNC(C)c1ccc(N(C)CC2CC2)cc1. The predicted molar refractivity (Wildman–Crippen MR) is 69.9 cm³/mol. The number of rotatable bonds is 5. The predicted octanol–water partition coefficient (Wildman–Crippen LogP) is 2.81. The number of nitrogens with zero attached hydrogens (tertiary/aromatic N) is 1. The standard InChI is InChI=1S/C14H22N2/c1-11(15-2)13-6-8-14(9-7-13)16(3)10-12-4-5-12/h6-9,11-12,15H,4-5,10H2,1-3H3. The Balaban J connectivity index is 1.99. The van der Waals surface area contributed by atoms with E-state index in [1.807, 2.05) is 7.05 Å². The first kappa shape index (κ1) is 11.5. The lowest BCUT2D eigenvalue weighted by molar-refractivity contribution is 0.652. The van der Waals surface area contributed by atoms with E-state index in [9.17, 15) is 0 Å². The lowest BCUT2D eigenvalue weighted by Crippen LogP contribution is -2.20. The molecule has 2 nitrogen and oxygen atoms in total. The van der Waals surface area contributed by atoms with E-state index in [2.05, 4.69) is 48.5 Å². The largest absolute Gasteiger partial charge is 0.374 e. The van der Waals surface area contributed by atoms with Crippen LogP contribution in [0.15, 0.2) is 24.3 Å². The van der Waals surface area contributed by atoms with Crippen LogP contribution in [-0.2, 0) is 0 Å². The highest BCUT2D eigenvalue weighted by atomic mass is 15.1. The average molecular weight is 218 g/mol. The molecule has 0 aromatic heterocycles. The van der Waals surface area contributed by atoms with Crippen molar-refractivity contribution in [2.24, 2.45) is 5.92 Å². The maximum Gasteiger partial charge on any atom is 0.0363 e. The highest BCUT2D eigenvalue weighted by molar-refractivity contribution is 5.47. The van der Waals surface area contributed by atoms with Crippen LogP contribution >= 0.6 is 0 Å². The van der Waals surface area contributed by atoms with Crippen LogP contribution in [0, 0.1) is 5.92 Å². The molecule has 1 saturated carbocycles. The molecule has 2 rings (SSSR count). The number of hydrogen-bond donors (Lipinski definition) is 1. The summed E-state index contributed by atoms with van der Waals surface area (Å²) >= 11 is 0. The van der Waals surface area contributed by atoms with Crippen molar-refractivity contribution in [1.82, 2.24) is 5.32 Å². The zero-order valence-electron chi connectivity index (χ0n) is 10.5. The molecule has 0 heterocycles. The molecule has 1 N–H and O–H groups in total. The molecule has 1 atom stereocenters. The molecule has 1 unspecified atom stereocenters. The second-order valence-electron chi connectivity index (χ2n) is 4.93. The van der Waals surface area contributed by atoms with E-state index >= 15 is 0 Å². The van der Waals surface area contributed by atoms with Crippen molar-refractivity contribution in [1.29, 1.82) is 0 Å². The third-order valence-electron chi connectivity index (χ3n) is 3.50. The van der Waals surface area contributed by atoms with Crippen LogP contribution in [0.4, 0.5) is 5.69 Å². The van der Waals surface area contributed by atoms with Gasteiger partial charge in [-0.15, -0.1) is 0 Å². The Morgan fingerprint density at radius 2 is 1.94 bits per heavy atom. The lowest BCUT2D eigenvalue weighted by Gasteiger charge is -2.20. The second kappa shape index (κ2) is 4.88. The van der Waals surface area contributed by atoms with Gasteiger partial charge in [-0.05, 0) is 50.4 Å². The molecule has 1 aromatic rings. The van der Waals surface area contributed by atoms with E-state index in [0.29, 0.717) is 6.04 Å². The van der Waals surface area contributed by atoms with Crippen molar-refractivity contribution in [3.63, 3.8) is 0 Å². The summed E-state index contributed by atoms with van der Waals surface area (Å²) in [7, 11) is 4.19. The third kappa shape index (κ3) is 2.76. The Hall–Kier alpha value is -1.02. The van der Waals surface area contributed by atoms with Crippen molar-refractivity contribution in [3.8, 4) is 0 Å². The minimum Gasteiger partial charge on any atom is -0.374 e. The summed E-state index contributed by atoms with van der Waals surface area (Å²) in [6.07, 6.45) is 2.83. The van der Waals surface area contributed by atoms with Gasteiger partial charge in [-0.25, -0.2) is 0 Å². The Labute approximate surface area is 98.7 Å². The van der Waals surface area contributed by atoms with Gasteiger partial charge in [0.05, 0.1) is 0 Å². The second-order valence-corrected chi connectivity index (χ2v) is 4.93. The first-order chi connectivity index (χ1) is 7.70. The fraction of sp³-hybridized carbons (Fsp3) is 0.571. The van der Waals surface area contributed by atoms with Gasteiger partial charge in [-0.2, -0.15) is 0 Å². The van der Waals surface area contributed by atoms with E-state index in [4.69, 9.17) is 0 Å². The summed E-state index contributed by atoms with van der Waals surface area (Å²) in [5.74, 6) is 0.945. The molecule has 16 heavy (non-hydrogen) atoms. The van der Waals surface area contributed by atoms with Crippen LogP contribution in [0.1, 0.15) is 31.4 Å². The highest BCUT2D eigenvalue weighted by Gasteiger charge is 2.22. The van der Waals surface area contributed by atoms with Crippen molar-refractivity contribution in [3.05, 3.63) is 29.8 Å². The van der Waals surface area contributed by atoms with Crippen LogP contribution < -0.4 is 10.2 Å². The van der Waals surface area contributed by atoms with E-state index in [-0.39, 0.29) is 0 Å². The summed E-state index contributed by atoms with van der Waals surface area (Å²) in [5, 5.41) is 3.26. The van der Waals surface area contributed by atoms with Gasteiger partial charge in [0.25, 0.3) is 0 Å². The lowest BCUT2D eigenvalue weighted by atomic mass is 10.1. The van der Waals surface area contributed by atoms with E-state index < -0.39 is 0 Å². The molecular weight excluding hydrogens is 196 g/mol. The van der Waals surface area contributed by atoms with Gasteiger partial charge in [0.15, 0.2) is 0 Å². The van der Waals surface area contributed by atoms with E-state index in [1.54, 1.807) is 0 Å². The van der Waals surface area contributed by atoms with Gasteiger partial charge in [0.1, 0.15) is 0 Å². The van der Waals surface area contributed by atoms with Gasteiger partial charge in [0.2, 0.25) is 0 Å². The highest BCUT2D eigenvalue weighted by Crippen LogP contribution is 2.31. The Morgan fingerprint density at radius 3 is 2.44 bits per heavy atom. The van der Waals surface area contributed by atoms with Crippen LogP contribution in [0.2, 0.25) is 0 Å². The first-order valence-corrected chi connectivity index (χ1v) is 6.19. The third-order valence-corrected chi connectivity index (χ3v) is 3.50. The Bertz CT molecular complexity index is 327. The fourth-order valence-electron chi connectivity index (χ4n) is 1.98. The summed E-state index contributed by atoms with van der Waals surface area (Å²) in [6.45, 7) is 3.39. The van der Waals surface area contributed by atoms with Crippen LogP contribution in [0.25, 0.3) is 0 Å². The molecule has 0 spiro atoms. The molecule has 88 valence electrons. The molecule has 1 aromatic carbocycles. The topological polar surface area (TPSA) is 15.3 Å². The number of anilines is 1. The Morgan fingerprint density at radius 1 is 1.31 bits per heavy atom. The van der Waals surface area contributed by atoms with Gasteiger partial charge in [-0.3, -0.25) is 0 Å². The fourth-order valence-corrected chi connectivity index (χ4v) is 1.98. The number of nitrogens with one attached hydrogen (secondary N) is 1. The minimum absolute atomic E-state index is 0.433. The van der Waals surface area contributed by atoms with E-state index in [1.165, 1.54) is 30.6 Å².